The molecule has 5 heteroatoms. The highest BCUT2D eigenvalue weighted by Gasteiger charge is 2.27. The Morgan fingerprint density at radius 2 is 1.68 bits per heavy atom. The number of ether oxygens (including phenoxy) is 3. The van der Waals surface area contributed by atoms with E-state index < -0.39 is 5.97 Å². The van der Waals surface area contributed by atoms with Gasteiger partial charge in [-0.3, -0.25) is 0 Å². The standard InChI is InChI=1S/C20H15O5/c1-22-14-6-3-12-5-8-17-16(20(21)25-18(12)10-14)9-13-4-7-15(23-2)11-19(13)24-17/h3-11H,1-2H3/q+1. The summed E-state index contributed by atoms with van der Waals surface area (Å²) in [6.45, 7) is 0. The van der Waals surface area contributed by atoms with E-state index in [0.717, 1.165) is 10.9 Å². The van der Waals surface area contributed by atoms with E-state index in [2.05, 4.69) is 0 Å². The van der Waals surface area contributed by atoms with Gasteiger partial charge in [0, 0.05) is 17.7 Å². The van der Waals surface area contributed by atoms with Gasteiger partial charge in [-0.25, -0.2) is 9.21 Å². The molecule has 124 valence electrons. The van der Waals surface area contributed by atoms with Crippen LogP contribution in [0.15, 0.2) is 46.9 Å². The van der Waals surface area contributed by atoms with Crippen molar-refractivity contribution >= 4 is 29.1 Å². The molecule has 0 unspecified atom stereocenters. The zero-order valence-corrected chi connectivity index (χ0v) is 13.7. The molecule has 5 nitrogen and oxygen atoms in total. The van der Waals surface area contributed by atoms with Gasteiger partial charge < -0.3 is 14.2 Å². The first-order chi connectivity index (χ1) is 12.2. The molecule has 2 heterocycles. The average Bonchev–Trinajstić information content (AvgIpc) is 2.64. The van der Waals surface area contributed by atoms with Gasteiger partial charge in [-0.1, -0.05) is 0 Å². The molecule has 0 bridgehead atoms. The minimum Gasteiger partial charge on any atom is -0.497 e. The van der Waals surface area contributed by atoms with Crippen molar-refractivity contribution in [2.45, 2.75) is 0 Å². The second-order valence-electron chi connectivity index (χ2n) is 5.55. The van der Waals surface area contributed by atoms with E-state index in [0.29, 0.717) is 34.2 Å². The first-order valence-corrected chi connectivity index (χ1v) is 7.71. The summed E-state index contributed by atoms with van der Waals surface area (Å²) in [5, 5.41) is 0.788. The molecule has 1 aliphatic heterocycles. The molecule has 0 atom stereocenters. The van der Waals surface area contributed by atoms with Gasteiger partial charge in [0.1, 0.15) is 17.2 Å². The molecule has 0 saturated heterocycles. The van der Waals surface area contributed by atoms with Gasteiger partial charge >= 0.3 is 17.3 Å². The molecule has 0 saturated carbocycles. The first-order valence-electron chi connectivity index (χ1n) is 7.71. The zero-order valence-electron chi connectivity index (χ0n) is 13.7. The van der Waals surface area contributed by atoms with Crippen LogP contribution in [0.1, 0.15) is 21.7 Å². The molecule has 0 radical (unpaired) electrons. The van der Waals surface area contributed by atoms with Crippen LogP contribution in [0, 0.1) is 0 Å². The third-order valence-electron chi connectivity index (χ3n) is 4.06. The number of carbonyl (C=O) groups excluding carboxylic acids is 1. The van der Waals surface area contributed by atoms with E-state index in [4.69, 9.17) is 18.6 Å². The molecule has 4 rings (SSSR count). The van der Waals surface area contributed by atoms with Crippen LogP contribution in [0.4, 0.5) is 0 Å². The SMILES string of the molecule is COc1ccc2c(c1)OC(=O)c1cc3ccc(OC)cc3[o+]c1/C=C\2. The Kier molecular flexibility index (Phi) is 3.61. The summed E-state index contributed by atoms with van der Waals surface area (Å²) in [6, 6.07) is 12.5. The Labute approximate surface area is 144 Å². The van der Waals surface area contributed by atoms with Crippen LogP contribution in [0.2, 0.25) is 0 Å². The lowest BCUT2D eigenvalue weighted by atomic mass is 10.1. The van der Waals surface area contributed by atoms with E-state index in [9.17, 15) is 4.79 Å². The largest absolute Gasteiger partial charge is 0.497 e. The van der Waals surface area contributed by atoms with Crippen molar-refractivity contribution in [2.24, 2.45) is 0 Å². The molecule has 1 aromatic heterocycles. The van der Waals surface area contributed by atoms with E-state index >= 15 is 0 Å². The Morgan fingerprint density at radius 1 is 0.920 bits per heavy atom. The summed E-state index contributed by atoms with van der Waals surface area (Å²) < 4.78 is 21.9. The van der Waals surface area contributed by atoms with Gasteiger partial charge in [-0.05, 0) is 36.4 Å². The number of hydrogen-bond acceptors (Lipinski definition) is 4. The molecular formula is C20H15O5+. The monoisotopic (exact) mass is 335 g/mol. The molecule has 0 spiro atoms. The number of fused-ring (bicyclic) bond motifs is 3. The molecule has 1 aliphatic rings. The van der Waals surface area contributed by atoms with Gasteiger partial charge in [-0.15, -0.1) is 0 Å². The Balaban J connectivity index is 1.88. The molecule has 3 aromatic rings. The highest BCUT2D eigenvalue weighted by Crippen LogP contribution is 2.32. The summed E-state index contributed by atoms with van der Waals surface area (Å²) in [4.78, 5) is 12.6. The van der Waals surface area contributed by atoms with E-state index in [1.807, 2.05) is 30.3 Å². The second-order valence-corrected chi connectivity index (χ2v) is 5.55. The zero-order chi connectivity index (χ0) is 17.4. The number of hydrogen-bond donors (Lipinski definition) is 0. The van der Waals surface area contributed by atoms with E-state index in [-0.39, 0.29) is 0 Å². The molecular weight excluding hydrogens is 320 g/mol. The normalized spacial score (nSPS) is 13.9. The van der Waals surface area contributed by atoms with Crippen LogP contribution in [0.5, 0.6) is 17.2 Å². The summed E-state index contributed by atoms with van der Waals surface area (Å²) >= 11 is 0. The number of esters is 1. The third-order valence-corrected chi connectivity index (χ3v) is 4.06. The smallest absolute Gasteiger partial charge is 0.368 e. The average molecular weight is 335 g/mol. The van der Waals surface area contributed by atoms with E-state index in [1.54, 1.807) is 38.5 Å². The van der Waals surface area contributed by atoms with Crippen molar-refractivity contribution in [3.8, 4) is 17.2 Å². The minimum absolute atomic E-state index is 0.363. The van der Waals surface area contributed by atoms with Crippen molar-refractivity contribution in [1.29, 1.82) is 0 Å². The lowest BCUT2D eigenvalue weighted by Crippen LogP contribution is -2.12. The quantitative estimate of drug-likeness (QED) is 0.394. The van der Waals surface area contributed by atoms with Crippen molar-refractivity contribution in [1.82, 2.24) is 0 Å². The molecule has 0 N–H and O–H groups in total. The maximum absolute atomic E-state index is 12.6. The lowest BCUT2D eigenvalue weighted by molar-refractivity contribution is 0.0731. The van der Waals surface area contributed by atoms with Crippen molar-refractivity contribution in [2.75, 3.05) is 14.2 Å². The third kappa shape index (κ3) is 2.70. The summed E-state index contributed by atoms with van der Waals surface area (Å²) in [5.74, 6) is 1.71. The Morgan fingerprint density at radius 3 is 2.48 bits per heavy atom. The van der Waals surface area contributed by atoms with Crippen LogP contribution < -0.4 is 14.2 Å². The van der Waals surface area contributed by atoms with Gasteiger partial charge in [0.25, 0.3) is 0 Å². The number of rotatable bonds is 2. The van der Waals surface area contributed by atoms with Crippen LogP contribution in [-0.4, -0.2) is 20.2 Å². The second kappa shape index (κ2) is 5.94. The molecule has 2 aromatic carbocycles. The van der Waals surface area contributed by atoms with Gasteiger partial charge in [0.15, 0.2) is 5.56 Å². The number of carbonyl (C=O) groups is 1. The summed E-state index contributed by atoms with van der Waals surface area (Å²) in [7, 11) is 3.16. The van der Waals surface area contributed by atoms with Crippen LogP contribution in [-0.2, 0) is 0 Å². The topological polar surface area (TPSA) is 56.1 Å². The van der Waals surface area contributed by atoms with Crippen molar-refractivity contribution in [3.63, 3.8) is 0 Å². The maximum Gasteiger partial charge on any atom is 0.368 e. The fraction of sp³-hybridized carbons (Fsp3) is 0.100. The van der Waals surface area contributed by atoms with Crippen molar-refractivity contribution in [3.05, 3.63) is 59.4 Å². The molecule has 0 amide bonds. The van der Waals surface area contributed by atoms with Crippen molar-refractivity contribution < 1.29 is 23.4 Å². The molecule has 25 heavy (non-hydrogen) atoms. The lowest BCUT2D eigenvalue weighted by Gasteiger charge is -2.11. The predicted molar refractivity (Wildman–Crippen MR) is 94.1 cm³/mol. The summed E-state index contributed by atoms with van der Waals surface area (Å²) in [6.07, 6.45) is 3.61. The fourth-order valence-corrected chi connectivity index (χ4v) is 2.72. The Hall–Kier alpha value is -3.34. The fourth-order valence-electron chi connectivity index (χ4n) is 2.72. The van der Waals surface area contributed by atoms with Crippen LogP contribution in [0.25, 0.3) is 23.1 Å². The first kappa shape index (κ1) is 15.2. The van der Waals surface area contributed by atoms with Crippen LogP contribution >= 0.6 is 0 Å². The van der Waals surface area contributed by atoms with Gasteiger partial charge in [0.05, 0.1) is 25.7 Å². The highest BCUT2D eigenvalue weighted by atomic mass is 16.5. The van der Waals surface area contributed by atoms with Gasteiger partial charge in [-0.2, -0.15) is 0 Å². The predicted octanol–water partition coefficient (Wildman–Crippen LogP) is 4.43. The number of benzene rings is 2. The van der Waals surface area contributed by atoms with Crippen LogP contribution in [0.3, 0.4) is 0 Å². The maximum atomic E-state index is 12.6. The minimum atomic E-state index is -0.477. The van der Waals surface area contributed by atoms with Gasteiger partial charge in [0.2, 0.25) is 0 Å². The van der Waals surface area contributed by atoms with E-state index in [1.165, 1.54) is 0 Å². The molecule has 0 aliphatic carbocycles. The Bertz CT molecular complexity index is 1020. The number of methoxy groups -OCH3 is 2. The molecule has 0 fully saturated rings. The summed E-state index contributed by atoms with van der Waals surface area (Å²) in [5.41, 5.74) is 1.76. The highest BCUT2D eigenvalue weighted by molar-refractivity contribution is 5.99.